The maximum atomic E-state index is 12.6. The molecule has 0 aliphatic heterocycles. The van der Waals surface area contributed by atoms with Gasteiger partial charge in [0.2, 0.25) is 0 Å². The van der Waals surface area contributed by atoms with Crippen LogP contribution in [0, 0.1) is 6.92 Å². The van der Waals surface area contributed by atoms with Crippen molar-refractivity contribution in [3.8, 4) is 5.75 Å². The monoisotopic (exact) mass is 338 g/mol. The van der Waals surface area contributed by atoms with Crippen LogP contribution in [0.3, 0.4) is 0 Å². The minimum atomic E-state index is -0.116. The minimum Gasteiger partial charge on any atom is -0.496 e. The summed E-state index contributed by atoms with van der Waals surface area (Å²) in [6.45, 7) is 1.94. The number of aryl methyl sites for hydroxylation is 1. The highest BCUT2D eigenvalue weighted by Crippen LogP contribution is 2.29. The zero-order valence-corrected chi connectivity index (χ0v) is 12.9. The third kappa shape index (κ3) is 2.82. The van der Waals surface area contributed by atoms with Crippen molar-refractivity contribution in [2.24, 2.45) is 0 Å². The molecule has 0 atom stereocenters. The molecule has 2 aromatic carbocycles. The summed E-state index contributed by atoms with van der Waals surface area (Å²) in [5.41, 5.74) is 2.06. The molecule has 2 aromatic rings. The van der Waals surface area contributed by atoms with E-state index in [0.29, 0.717) is 21.9 Å². The molecule has 0 radical (unpaired) electrons. The van der Waals surface area contributed by atoms with E-state index in [0.717, 1.165) is 10.0 Å². The summed E-state index contributed by atoms with van der Waals surface area (Å²) in [5, 5.41) is 0.507. The highest BCUT2D eigenvalue weighted by molar-refractivity contribution is 9.10. The predicted octanol–water partition coefficient (Wildman–Crippen LogP) is 4.65. The molecule has 2 rings (SSSR count). The van der Waals surface area contributed by atoms with Gasteiger partial charge in [-0.3, -0.25) is 4.79 Å². The molecule has 0 heterocycles. The number of carbonyl (C=O) groups excluding carboxylic acids is 1. The van der Waals surface area contributed by atoms with Crippen LogP contribution in [0.5, 0.6) is 5.75 Å². The Balaban J connectivity index is 2.56. The average molecular weight is 340 g/mol. The molecule has 0 amide bonds. The van der Waals surface area contributed by atoms with Crippen LogP contribution in [0.25, 0.3) is 0 Å². The molecular formula is C15H12BrClO2. The summed E-state index contributed by atoms with van der Waals surface area (Å²) < 4.78 is 6.01. The van der Waals surface area contributed by atoms with Gasteiger partial charge in [0.15, 0.2) is 5.78 Å². The standard InChI is InChI=1S/C15H12BrClO2/c1-9-4-3-5-11(14(9)16)15(18)12-8-10(17)6-7-13(12)19-2/h3-8H,1-2H3. The Morgan fingerprint density at radius 3 is 2.63 bits per heavy atom. The van der Waals surface area contributed by atoms with Gasteiger partial charge >= 0.3 is 0 Å². The summed E-state index contributed by atoms with van der Waals surface area (Å²) in [6, 6.07) is 10.6. The molecule has 0 fully saturated rings. The van der Waals surface area contributed by atoms with Crippen LogP contribution in [0.15, 0.2) is 40.9 Å². The first-order chi connectivity index (χ1) is 9.04. The van der Waals surface area contributed by atoms with E-state index >= 15 is 0 Å². The Labute approximate surface area is 125 Å². The van der Waals surface area contributed by atoms with Crippen LogP contribution in [-0.2, 0) is 0 Å². The number of rotatable bonds is 3. The van der Waals surface area contributed by atoms with E-state index in [1.807, 2.05) is 19.1 Å². The second kappa shape index (κ2) is 5.76. The lowest BCUT2D eigenvalue weighted by molar-refractivity contribution is 0.103. The van der Waals surface area contributed by atoms with E-state index in [-0.39, 0.29) is 5.78 Å². The number of ketones is 1. The fourth-order valence-corrected chi connectivity index (χ4v) is 2.44. The number of carbonyl (C=O) groups is 1. The van der Waals surface area contributed by atoms with Gasteiger partial charge in [-0.05, 0) is 52.7 Å². The number of hydrogen-bond acceptors (Lipinski definition) is 2. The third-order valence-electron chi connectivity index (χ3n) is 2.84. The minimum absolute atomic E-state index is 0.116. The number of benzene rings is 2. The van der Waals surface area contributed by atoms with Crippen LogP contribution >= 0.6 is 27.5 Å². The fraction of sp³-hybridized carbons (Fsp3) is 0.133. The average Bonchev–Trinajstić information content (AvgIpc) is 2.41. The molecule has 0 saturated carbocycles. The van der Waals surface area contributed by atoms with E-state index in [1.165, 1.54) is 7.11 Å². The Morgan fingerprint density at radius 2 is 1.95 bits per heavy atom. The van der Waals surface area contributed by atoms with E-state index in [9.17, 15) is 4.79 Å². The number of methoxy groups -OCH3 is 1. The van der Waals surface area contributed by atoms with E-state index in [2.05, 4.69) is 15.9 Å². The van der Waals surface area contributed by atoms with Gasteiger partial charge in [-0.15, -0.1) is 0 Å². The number of hydrogen-bond donors (Lipinski definition) is 0. The van der Waals surface area contributed by atoms with E-state index < -0.39 is 0 Å². The van der Waals surface area contributed by atoms with Crippen molar-refractivity contribution in [1.82, 2.24) is 0 Å². The lowest BCUT2D eigenvalue weighted by Gasteiger charge is -2.10. The molecule has 19 heavy (non-hydrogen) atoms. The second-order valence-electron chi connectivity index (χ2n) is 4.11. The molecule has 4 heteroatoms. The summed E-state index contributed by atoms with van der Waals surface area (Å²) >= 11 is 9.41. The van der Waals surface area contributed by atoms with Crippen molar-refractivity contribution in [2.45, 2.75) is 6.92 Å². The number of halogens is 2. The maximum absolute atomic E-state index is 12.6. The summed E-state index contributed by atoms with van der Waals surface area (Å²) in [7, 11) is 1.53. The van der Waals surface area contributed by atoms with Gasteiger partial charge < -0.3 is 4.74 Å². The summed E-state index contributed by atoms with van der Waals surface area (Å²) in [6.07, 6.45) is 0. The molecule has 0 aliphatic carbocycles. The molecule has 0 aliphatic rings. The molecule has 98 valence electrons. The molecule has 0 bridgehead atoms. The summed E-state index contributed by atoms with van der Waals surface area (Å²) in [5.74, 6) is 0.401. The first kappa shape index (κ1) is 14.1. The SMILES string of the molecule is COc1ccc(Cl)cc1C(=O)c1cccc(C)c1Br. The Hall–Kier alpha value is -1.32. The third-order valence-corrected chi connectivity index (χ3v) is 4.13. The zero-order valence-electron chi connectivity index (χ0n) is 10.5. The van der Waals surface area contributed by atoms with Gasteiger partial charge in [-0.1, -0.05) is 23.7 Å². The number of ether oxygens (including phenoxy) is 1. The zero-order chi connectivity index (χ0) is 14.0. The molecule has 0 spiro atoms. The molecule has 0 saturated heterocycles. The van der Waals surface area contributed by atoms with Gasteiger partial charge in [-0.2, -0.15) is 0 Å². The molecule has 2 nitrogen and oxygen atoms in total. The van der Waals surface area contributed by atoms with Gasteiger partial charge in [0.25, 0.3) is 0 Å². The topological polar surface area (TPSA) is 26.3 Å². The molecule has 0 aromatic heterocycles. The van der Waals surface area contributed by atoms with Crippen molar-refractivity contribution < 1.29 is 9.53 Å². The van der Waals surface area contributed by atoms with Crippen molar-refractivity contribution in [2.75, 3.05) is 7.11 Å². The second-order valence-corrected chi connectivity index (χ2v) is 5.34. The quantitative estimate of drug-likeness (QED) is 0.761. The summed E-state index contributed by atoms with van der Waals surface area (Å²) in [4.78, 5) is 12.6. The van der Waals surface area contributed by atoms with Crippen LogP contribution in [-0.4, -0.2) is 12.9 Å². The predicted molar refractivity (Wildman–Crippen MR) is 80.3 cm³/mol. The van der Waals surface area contributed by atoms with Crippen LogP contribution in [0.4, 0.5) is 0 Å². The lowest BCUT2D eigenvalue weighted by atomic mass is 10.0. The lowest BCUT2D eigenvalue weighted by Crippen LogP contribution is -2.05. The van der Waals surface area contributed by atoms with Crippen molar-refractivity contribution in [3.05, 3.63) is 62.6 Å². The first-order valence-electron chi connectivity index (χ1n) is 5.68. The van der Waals surface area contributed by atoms with Crippen molar-refractivity contribution in [1.29, 1.82) is 0 Å². The van der Waals surface area contributed by atoms with E-state index in [4.69, 9.17) is 16.3 Å². The fourth-order valence-electron chi connectivity index (χ4n) is 1.83. The normalized spacial score (nSPS) is 10.3. The first-order valence-corrected chi connectivity index (χ1v) is 6.85. The van der Waals surface area contributed by atoms with Crippen LogP contribution < -0.4 is 4.74 Å². The van der Waals surface area contributed by atoms with Crippen molar-refractivity contribution >= 4 is 33.3 Å². The maximum Gasteiger partial charge on any atom is 0.197 e. The Kier molecular flexibility index (Phi) is 4.27. The highest BCUT2D eigenvalue weighted by Gasteiger charge is 2.18. The van der Waals surface area contributed by atoms with Gasteiger partial charge in [0.05, 0.1) is 12.7 Å². The smallest absolute Gasteiger partial charge is 0.197 e. The largest absolute Gasteiger partial charge is 0.496 e. The van der Waals surface area contributed by atoms with Crippen LogP contribution in [0.1, 0.15) is 21.5 Å². The Morgan fingerprint density at radius 1 is 1.21 bits per heavy atom. The highest BCUT2D eigenvalue weighted by atomic mass is 79.9. The van der Waals surface area contributed by atoms with Crippen molar-refractivity contribution in [3.63, 3.8) is 0 Å². The van der Waals surface area contributed by atoms with Gasteiger partial charge in [0.1, 0.15) is 5.75 Å². The molecular weight excluding hydrogens is 328 g/mol. The van der Waals surface area contributed by atoms with Crippen LogP contribution in [0.2, 0.25) is 5.02 Å². The molecule has 0 unspecified atom stereocenters. The van der Waals surface area contributed by atoms with Gasteiger partial charge in [-0.25, -0.2) is 0 Å². The Bertz CT molecular complexity index is 638. The molecule has 0 N–H and O–H groups in total. The van der Waals surface area contributed by atoms with Gasteiger partial charge in [0, 0.05) is 15.1 Å². The van der Waals surface area contributed by atoms with E-state index in [1.54, 1.807) is 24.3 Å².